The Labute approximate surface area is 151 Å². The van der Waals surface area contributed by atoms with Crippen molar-refractivity contribution in [2.75, 3.05) is 6.61 Å². The van der Waals surface area contributed by atoms with E-state index in [0.717, 1.165) is 31.4 Å². The summed E-state index contributed by atoms with van der Waals surface area (Å²) in [5.41, 5.74) is 1.57. The molecule has 25 heavy (non-hydrogen) atoms. The van der Waals surface area contributed by atoms with Gasteiger partial charge < -0.3 is 14.5 Å². The highest BCUT2D eigenvalue weighted by Crippen LogP contribution is 2.57. The number of aromatic amines is 1. The molecule has 1 amide bonds. The van der Waals surface area contributed by atoms with Gasteiger partial charge in [0, 0.05) is 29.2 Å². The fourth-order valence-corrected chi connectivity index (χ4v) is 4.12. The molecule has 1 aromatic carbocycles. The number of aromatic nitrogens is 2. The van der Waals surface area contributed by atoms with Gasteiger partial charge in [0.2, 0.25) is 5.89 Å². The Bertz CT molecular complexity index is 823. The van der Waals surface area contributed by atoms with E-state index in [0.29, 0.717) is 17.6 Å². The predicted molar refractivity (Wildman–Crippen MR) is 94.7 cm³/mol. The molecule has 2 fully saturated rings. The smallest absolute Gasteiger partial charge is 0.284 e. The highest BCUT2D eigenvalue weighted by molar-refractivity contribution is 7.71. The quantitative estimate of drug-likeness (QED) is 0.799. The molecule has 1 heterocycles. The molecule has 2 atom stereocenters. The summed E-state index contributed by atoms with van der Waals surface area (Å²) in [5, 5.41) is 9.77. The molecule has 0 aliphatic heterocycles. The van der Waals surface area contributed by atoms with E-state index in [1.165, 1.54) is 6.42 Å². The van der Waals surface area contributed by atoms with E-state index >= 15 is 0 Å². The van der Waals surface area contributed by atoms with Crippen molar-refractivity contribution < 1.29 is 13.9 Å². The highest BCUT2D eigenvalue weighted by atomic mass is 32.1. The molecule has 6 nitrogen and oxygen atoms in total. The molecule has 2 aliphatic rings. The maximum Gasteiger partial charge on any atom is 0.284 e. The summed E-state index contributed by atoms with van der Waals surface area (Å²) in [6, 6.07) is 7.40. The van der Waals surface area contributed by atoms with E-state index < -0.39 is 0 Å². The minimum atomic E-state index is -0.0410. The lowest BCUT2D eigenvalue weighted by Gasteiger charge is -2.61. The highest BCUT2D eigenvalue weighted by Gasteiger charge is 2.59. The van der Waals surface area contributed by atoms with Crippen LogP contribution in [0.25, 0.3) is 11.5 Å². The van der Waals surface area contributed by atoms with Crippen LogP contribution in [0.5, 0.6) is 0 Å². The van der Waals surface area contributed by atoms with Crippen LogP contribution in [0.4, 0.5) is 0 Å². The van der Waals surface area contributed by atoms with Crippen LogP contribution in [-0.4, -0.2) is 34.9 Å². The fraction of sp³-hybridized carbons (Fsp3) is 0.500. The Morgan fingerprint density at radius 3 is 2.76 bits per heavy atom. The number of nitrogens with one attached hydrogen (secondary N) is 2. The predicted octanol–water partition coefficient (Wildman–Crippen LogP) is 3.48. The molecule has 132 valence electrons. The third-order valence-electron chi connectivity index (χ3n) is 5.57. The number of benzene rings is 1. The van der Waals surface area contributed by atoms with Crippen LogP contribution in [0.3, 0.4) is 0 Å². The monoisotopic (exact) mass is 359 g/mol. The number of amides is 1. The molecule has 2 saturated carbocycles. The van der Waals surface area contributed by atoms with Gasteiger partial charge >= 0.3 is 0 Å². The molecular formula is C18H21N3O3S. The van der Waals surface area contributed by atoms with Gasteiger partial charge in [0.05, 0.1) is 6.10 Å². The van der Waals surface area contributed by atoms with Gasteiger partial charge in [-0.05, 0) is 62.7 Å². The molecule has 0 radical (unpaired) electrons. The maximum absolute atomic E-state index is 12.6. The van der Waals surface area contributed by atoms with Crippen LogP contribution in [-0.2, 0) is 4.74 Å². The van der Waals surface area contributed by atoms with E-state index in [4.69, 9.17) is 21.4 Å². The number of H-pyrrole nitrogens is 1. The third-order valence-corrected chi connectivity index (χ3v) is 5.75. The van der Waals surface area contributed by atoms with Crippen LogP contribution in [0.2, 0.25) is 0 Å². The summed E-state index contributed by atoms with van der Waals surface area (Å²) in [6.07, 6.45) is 4.72. The molecule has 2 aromatic rings. The molecule has 1 aromatic heterocycles. The van der Waals surface area contributed by atoms with E-state index in [1.54, 1.807) is 12.1 Å². The summed E-state index contributed by atoms with van der Waals surface area (Å²) >= 11 is 4.87. The van der Waals surface area contributed by atoms with Crippen LogP contribution < -0.4 is 5.32 Å². The number of carbonyl (C=O) groups excluding carboxylic acids is 1. The topological polar surface area (TPSA) is 80.1 Å². The first kappa shape index (κ1) is 16.5. The second kappa shape index (κ2) is 6.38. The van der Waals surface area contributed by atoms with Crippen LogP contribution >= 0.6 is 12.2 Å². The molecule has 2 aliphatic carbocycles. The zero-order chi connectivity index (χ0) is 17.4. The average molecular weight is 359 g/mol. The van der Waals surface area contributed by atoms with Gasteiger partial charge in [-0.3, -0.25) is 4.79 Å². The van der Waals surface area contributed by atoms with Gasteiger partial charge in [-0.25, -0.2) is 5.10 Å². The number of ether oxygens (including phenoxy) is 1. The van der Waals surface area contributed by atoms with E-state index in [1.807, 2.05) is 19.1 Å². The lowest BCUT2D eigenvalue weighted by atomic mass is 9.51. The van der Waals surface area contributed by atoms with Gasteiger partial charge in [0.1, 0.15) is 0 Å². The summed E-state index contributed by atoms with van der Waals surface area (Å²) in [7, 11) is 0. The van der Waals surface area contributed by atoms with Crippen LogP contribution in [0, 0.1) is 10.3 Å². The molecule has 0 bridgehead atoms. The standard InChI is InChI=1S/C18H21N3O3S/c1-2-23-14-10-13(18(14)8-3-9-18)19-15(22)11-4-6-12(7-5-11)16-20-21-17(25)24-16/h4-7,13-14H,2-3,8-10H2,1H3,(H,19,22)(H,21,25)/t13-,14+/m0/s1. The third kappa shape index (κ3) is 2.81. The van der Waals surface area contributed by atoms with E-state index in [2.05, 4.69) is 15.5 Å². The lowest BCUT2D eigenvalue weighted by molar-refractivity contribution is -0.169. The number of rotatable bonds is 5. The number of hydrogen-bond donors (Lipinski definition) is 2. The van der Waals surface area contributed by atoms with Crippen molar-refractivity contribution in [1.29, 1.82) is 0 Å². The summed E-state index contributed by atoms with van der Waals surface area (Å²) < 4.78 is 11.1. The molecule has 0 unspecified atom stereocenters. The van der Waals surface area contributed by atoms with Gasteiger partial charge in [-0.15, -0.1) is 5.10 Å². The molecule has 7 heteroatoms. The summed E-state index contributed by atoms with van der Waals surface area (Å²) in [5.74, 6) is 0.379. The maximum atomic E-state index is 12.6. The second-order valence-corrected chi connectivity index (χ2v) is 7.16. The molecule has 0 saturated heterocycles. The van der Waals surface area contributed by atoms with Crippen molar-refractivity contribution in [2.24, 2.45) is 5.41 Å². The minimum Gasteiger partial charge on any atom is -0.409 e. The Balaban J connectivity index is 1.42. The number of nitrogens with zero attached hydrogens (tertiary/aromatic N) is 1. The zero-order valence-corrected chi connectivity index (χ0v) is 14.9. The first-order valence-electron chi connectivity index (χ1n) is 8.71. The summed E-state index contributed by atoms with van der Waals surface area (Å²) in [6.45, 7) is 2.76. The number of carbonyl (C=O) groups is 1. The number of hydrogen-bond acceptors (Lipinski definition) is 5. The Kier molecular flexibility index (Phi) is 4.21. The van der Waals surface area contributed by atoms with Gasteiger partial charge in [-0.2, -0.15) is 0 Å². The summed E-state index contributed by atoms with van der Waals surface area (Å²) in [4.78, 5) is 12.8. The zero-order valence-electron chi connectivity index (χ0n) is 14.1. The minimum absolute atomic E-state index is 0.0410. The van der Waals surface area contributed by atoms with E-state index in [-0.39, 0.29) is 22.2 Å². The van der Waals surface area contributed by atoms with Gasteiger partial charge in [0.25, 0.3) is 10.7 Å². The molecule has 1 spiro atoms. The van der Waals surface area contributed by atoms with Crippen molar-refractivity contribution in [3.8, 4) is 11.5 Å². The lowest BCUT2D eigenvalue weighted by Crippen LogP contribution is -2.67. The van der Waals surface area contributed by atoms with Crippen molar-refractivity contribution in [1.82, 2.24) is 15.5 Å². The average Bonchev–Trinajstić information content (AvgIpc) is 2.99. The van der Waals surface area contributed by atoms with Crippen molar-refractivity contribution in [3.05, 3.63) is 34.7 Å². The Morgan fingerprint density at radius 1 is 1.44 bits per heavy atom. The van der Waals surface area contributed by atoms with Crippen molar-refractivity contribution in [3.63, 3.8) is 0 Å². The fourth-order valence-electron chi connectivity index (χ4n) is 4.00. The van der Waals surface area contributed by atoms with Crippen molar-refractivity contribution >= 4 is 18.1 Å². The van der Waals surface area contributed by atoms with Crippen molar-refractivity contribution in [2.45, 2.75) is 44.8 Å². The largest absolute Gasteiger partial charge is 0.409 e. The first-order chi connectivity index (χ1) is 12.1. The second-order valence-electron chi connectivity index (χ2n) is 6.79. The SMILES string of the molecule is CCO[C@@H]1C[C@H](NC(=O)c2ccc(-c3n[nH]c(=S)o3)cc2)C12CCC2. The van der Waals surface area contributed by atoms with Gasteiger partial charge in [-0.1, -0.05) is 6.42 Å². The van der Waals surface area contributed by atoms with Gasteiger partial charge in [0.15, 0.2) is 0 Å². The molecule has 2 N–H and O–H groups in total. The Hall–Kier alpha value is -1.99. The van der Waals surface area contributed by atoms with E-state index in [9.17, 15) is 4.79 Å². The first-order valence-corrected chi connectivity index (χ1v) is 9.11. The normalized spacial score (nSPS) is 23.7. The molecular weight excluding hydrogens is 338 g/mol. The molecule has 4 rings (SSSR count). The van der Waals surface area contributed by atoms with Crippen LogP contribution in [0.15, 0.2) is 28.7 Å². The Morgan fingerprint density at radius 2 is 2.20 bits per heavy atom. The van der Waals surface area contributed by atoms with Crippen LogP contribution in [0.1, 0.15) is 43.0 Å².